The number of fused-ring (bicyclic) bond motifs is 1. The smallest absolute Gasteiger partial charge is 0.362 e. The molecule has 0 aliphatic rings. The van der Waals surface area contributed by atoms with Crippen LogP contribution in [-0.4, -0.2) is 10.1 Å². The summed E-state index contributed by atoms with van der Waals surface area (Å²) in [5, 5.41) is 10.7. The fourth-order valence-corrected chi connectivity index (χ4v) is 2.37. The van der Waals surface area contributed by atoms with Gasteiger partial charge in [-0.25, -0.2) is 9.78 Å². The second kappa shape index (κ2) is 6.26. The zero-order chi connectivity index (χ0) is 16.4. The summed E-state index contributed by atoms with van der Waals surface area (Å²) in [5.74, 6) is -0.0474. The number of rotatable bonds is 3. The molecule has 0 radical (unpaired) electrons. The molecule has 0 fully saturated rings. The van der Waals surface area contributed by atoms with E-state index in [0.29, 0.717) is 21.7 Å². The number of hydrogen-bond acceptors (Lipinski definition) is 4. The van der Waals surface area contributed by atoms with Gasteiger partial charge in [-0.05, 0) is 30.2 Å². The summed E-state index contributed by atoms with van der Waals surface area (Å²) in [5.41, 5.74) is 1.99. The van der Waals surface area contributed by atoms with Crippen LogP contribution in [0.25, 0.3) is 22.9 Å². The predicted octanol–water partition coefficient (Wildman–Crippen LogP) is 4.46. The van der Waals surface area contributed by atoms with Crippen molar-refractivity contribution in [1.82, 2.24) is 4.98 Å². The molecular weight excluding hydrogens is 314 g/mol. The number of benzene rings is 2. The second-order valence-electron chi connectivity index (χ2n) is 5.08. The Kier molecular flexibility index (Phi) is 4.17. The molecule has 0 bridgehead atoms. The summed E-state index contributed by atoms with van der Waals surface area (Å²) in [6.45, 7) is 2.06. The lowest BCUT2D eigenvalue weighted by Gasteiger charge is -2.03. The van der Waals surface area contributed by atoms with Gasteiger partial charge in [0.1, 0.15) is 11.3 Å². The fraction of sp³-hybridized carbons (Fsp3) is 0.111. The number of hydrogen-bond donors (Lipinski definition) is 1. The molecule has 3 rings (SSSR count). The summed E-state index contributed by atoms with van der Waals surface area (Å²) < 4.78 is 5.19. The first-order valence-electron chi connectivity index (χ1n) is 7.17. The summed E-state index contributed by atoms with van der Waals surface area (Å²) in [6.07, 6.45) is 2.22. The molecule has 0 atom stereocenters. The van der Waals surface area contributed by atoms with Gasteiger partial charge in [0.05, 0.1) is 0 Å². The summed E-state index contributed by atoms with van der Waals surface area (Å²) >= 11 is 5.92. The highest BCUT2D eigenvalue weighted by molar-refractivity contribution is 6.31. The van der Waals surface area contributed by atoms with Gasteiger partial charge in [-0.3, -0.25) is 0 Å². The predicted molar refractivity (Wildman–Crippen MR) is 91.6 cm³/mol. The van der Waals surface area contributed by atoms with Gasteiger partial charge >= 0.3 is 5.63 Å². The van der Waals surface area contributed by atoms with Crippen LogP contribution in [0.1, 0.15) is 23.7 Å². The Morgan fingerprint density at radius 1 is 1.26 bits per heavy atom. The first-order chi connectivity index (χ1) is 11.1. The van der Waals surface area contributed by atoms with Gasteiger partial charge in [-0.15, -0.1) is 0 Å². The van der Waals surface area contributed by atoms with Crippen molar-refractivity contribution in [2.75, 3.05) is 0 Å². The maximum Gasteiger partial charge on any atom is 0.362 e. The van der Waals surface area contributed by atoms with E-state index >= 15 is 0 Å². The zero-order valence-corrected chi connectivity index (χ0v) is 13.2. The Labute approximate surface area is 137 Å². The third-order valence-corrected chi connectivity index (χ3v) is 3.74. The molecule has 0 saturated carbocycles. The molecule has 0 spiro atoms. The molecule has 0 aliphatic carbocycles. The van der Waals surface area contributed by atoms with Gasteiger partial charge in [-0.2, -0.15) is 0 Å². The molecule has 116 valence electrons. The Morgan fingerprint density at radius 2 is 2.00 bits per heavy atom. The molecule has 0 saturated heterocycles. The molecule has 0 amide bonds. The van der Waals surface area contributed by atoms with Crippen molar-refractivity contribution < 1.29 is 9.52 Å². The number of aromatic nitrogens is 1. The highest BCUT2D eigenvalue weighted by Crippen LogP contribution is 2.19. The molecule has 0 aliphatic heterocycles. The number of halogens is 1. The molecule has 5 heteroatoms. The van der Waals surface area contributed by atoms with E-state index in [1.807, 2.05) is 12.1 Å². The van der Waals surface area contributed by atoms with Crippen LogP contribution >= 0.6 is 11.6 Å². The SMILES string of the molecule is CCc1ccc(/C(O)=C/c2nc3cc(Cl)ccc3oc2=O)cc1. The molecule has 1 aromatic heterocycles. The van der Waals surface area contributed by atoms with Crippen molar-refractivity contribution in [3.63, 3.8) is 0 Å². The van der Waals surface area contributed by atoms with Crippen LogP contribution in [0.4, 0.5) is 0 Å². The first-order valence-corrected chi connectivity index (χ1v) is 7.55. The number of aryl methyl sites for hydroxylation is 1. The lowest BCUT2D eigenvalue weighted by Crippen LogP contribution is -2.06. The van der Waals surface area contributed by atoms with E-state index in [1.165, 1.54) is 11.6 Å². The van der Waals surface area contributed by atoms with E-state index in [0.717, 1.165) is 6.42 Å². The molecule has 3 aromatic rings. The molecule has 0 unspecified atom stereocenters. The lowest BCUT2D eigenvalue weighted by molar-refractivity contribution is 0.514. The molecule has 1 N–H and O–H groups in total. The highest BCUT2D eigenvalue weighted by atomic mass is 35.5. The van der Waals surface area contributed by atoms with E-state index in [-0.39, 0.29) is 11.5 Å². The van der Waals surface area contributed by atoms with Gasteiger partial charge in [0, 0.05) is 16.7 Å². The van der Waals surface area contributed by atoms with Gasteiger partial charge in [-0.1, -0.05) is 42.8 Å². The van der Waals surface area contributed by atoms with Crippen molar-refractivity contribution in [1.29, 1.82) is 0 Å². The lowest BCUT2D eigenvalue weighted by atomic mass is 10.1. The Hall–Kier alpha value is -2.59. The highest BCUT2D eigenvalue weighted by Gasteiger charge is 2.08. The monoisotopic (exact) mass is 327 g/mol. The largest absolute Gasteiger partial charge is 0.507 e. The summed E-state index contributed by atoms with van der Waals surface area (Å²) in [7, 11) is 0. The van der Waals surface area contributed by atoms with Crippen molar-refractivity contribution in [2.45, 2.75) is 13.3 Å². The van der Waals surface area contributed by atoms with E-state index in [2.05, 4.69) is 11.9 Å². The summed E-state index contributed by atoms with van der Waals surface area (Å²) in [6, 6.07) is 12.3. The van der Waals surface area contributed by atoms with Crippen LogP contribution in [0.5, 0.6) is 0 Å². The normalized spacial score (nSPS) is 11.8. The van der Waals surface area contributed by atoms with Crippen LogP contribution in [0, 0.1) is 0 Å². The third-order valence-electron chi connectivity index (χ3n) is 3.51. The Bertz CT molecular complexity index is 943. The van der Waals surface area contributed by atoms with E-state index in [4.69, 9.17) is 16.0 Å². The second-order valence-corrected chi connectivity index (χ2v) is 5.52. The topological polar surface area (TPSA) is 63.3 Å². The quantitative estimate of drug-likeness (QED) is 0.721. The first kappa shape index (κ1) is 15.3. The zero-order valence-electron chi connectivity index (χ0n) is 12.4. The minimum absolute atomic E-state index is 0.0248. The van der Waals surface area contributed by atoms with Crippen LogP contribution in [-0.2, 0) is 6.42 Å². The fourth-order valence-electron chi connectivity index (χ4n) is 2.21. The van der Waals surface area contributed by atoms with Gasteiger partial charge < -0.3 is 9.52 Å². The summed E-state index contributed by atoms with van der Waals surface area (Å²) in [4.78, 5) is 16.2. The van der Waals surface area contributed by atoms with Crippen LogP contribution in [0.15, 0.2) is 51.7 Å². The maximum absolute atomic E-state index is 12.0. The van der Waals surface area contributed by atoms with E-state index < -0.39 is 5.63 Å². The van der Waals surface area contributed by atoms with Crippen molar-refractivity contribution in [2.24, 2.45) is 0 Å². The van der Waals surface area contributed by atoms with Crippen LogP contribution in [0.3, 0.4) is 0 Å². The Morgan fingerprint density at radius 3 is 2.70 bits per heavy atom. The van der Waals surface area contributed by atoms with Gasteiger partial charge in [0.15, 0.2) is 11.3 Å². The standard InChI is InChI=1S/C18H14ClNO3/c1-2-11-3-5-12(6-4-11)16(21)10-15-18(22)23-17-8-7-13(19)9-14(17)20-15/h3-10,21H,2H2,1H3/b16-10-. The van der Waals surface area contributed by atoms with Gasteiger partial charge in [0.2, 0.25) is 0 Å². The third kappa shape index (κ3) is 3.27. The average molecular weight is 328 g/mol. The van der Waals surface area contributed by atoms with Crippen LogP contribution < -0.4 is 5.63 Å². The maximum atomic E-state index is 12.0. The van der Waals surface area contributed by atoms with E-state index in [1.54, 1.807) is 30.3 Å². The van der Waals surface area contributed by atoms with Crippen molar-refractivity contribution in [3.05, 3.63) is 74.7 Å². The minimum atomic E-state index is -0.614. The number of nitrogens with zero attached hydrogens (tertiary/aromatic N) is 1. The Balaban J connectivity index is 2.04. The number of aliphatic hydroxyl groups is 1. The minimum Gasteiger partial charge on any atom is -0.507 e. The average Bonchev–Trinajstić information content (AvgIpc) is 2.56. The molecular formula is C18H14ClNO3. The van der Waals surface area contributed by atoms with Gasteiger partial charge in [0.25, 0.3) is 0 Å². The molecule has 23 heavy (non-hydrogen) atoms. The molecule has 1 heterocycles. The van der Waals surface area contributed by atoms with E-state index in [9.17, 15) is 9.90 Å². The van der Waals surface area contributed by atoms with Crippen LogP contribution in [0.2, 0.25) is 5.02 Å². The van der Waals surface area contributed by atoms with Crippen molar-refractivity contribution in [3.8, 4) is 0 Å². The number of aliphatic hydroxyl groups excluding tert-OH is 1. The molecule has 2 aromatic carbocycles. The molecule has 4 nitrogen and oxygen atoms in total. The van der Waals surface area contributed by atoms with Crippen molar-refractivity contribution >= 4 is 34.5 Å².